The van der Waals surface area contributed by atoms with Crippen LogP contribution in [0.5, 0.6) is 0 Å². The molecule has 0 aliphatic rings. The van der Waals surface area contributed by atoms with Crippen molar-refractivity contribution in [3.05, 3.63) is 45.9 Å². The number of thiophene rings is 2. The average Bonchev–Trinajstić information content (AvgIpc) is 3.26. The normalized spacial score (nSPS) is 12.2. The van der Waals surface area contributed by atoms with Crippen molar-refractivity contribution in [2.75, 3.05) is 7.11 Å². The number of methoxy groups -OCH3 is 1. The van der Waals surface area contributed by atoms with Gasteiger partial charge in [0.25, 0.3) is 5.56 Å². The SMILES string of the molecule is C=CCn1c(S[C@H](C)C(=O)OC)nc2scc(-c3cccs3)c2c1=O. The standard InChI is InChI=1S/C17H16N2O3S3/c1-4-7-19-15(20)13-11(12-6-5-8-23-12)9-24-14(13)18-17(19)25-10(2)16(21)22-3/h4-6,8-10H,1,7H2,2-3H3/t10-/m1/s1. The molecular formula is C17H16N2O3S3. The van der Waals surface area contributed by atoms with Crippen molar-refractivity contribution < 1.29 is 9.53 Å². The van der Waals surface area contributed by atoms with E-state index < -0.39 is 5.25 Å². The van der Waals surface area contributed by atoms with Crippen molar-refractivity contribution in [3.8, 4) is 10.4 Å². The first-order valence-electron chi connectivity index (χ1n) is 7.48. The summed E-state index contributed by atoms with van der Waals surface area (Å²) in [5.74, 6) is -0.352. The van der Waals surface area contributed by atoms with Crippen molar-refractivity contribution in [2.24, 2.45) is 0 Å². The summed E-state index contributed by atoms with van der Waals surface area (Å²) in [6, 6.07) is 3.95. The van der Waals surface area contributed by atoms with Crippen molar-refractivity contribution in [2.45, 2.75) is 23.9 Å². The van der Waals surface area contributed by atoms with Crippen LogP contribution in [0, 0.1) is 0 Å². The molecule has 3 aromatic heterocycles. The quantitative estimate of drug-likeness (QED) is 0.274. The van der Waals surface area contributed by atoms with Crippen LogP contribution in [0.2, 0.25) is 0 Å². The van der Waals surface area contributed by atoms with Gasteiger partial charge in [-0.25, -0.2) is 4.98 Å². The maximum absolute atomic E-state index is 13.1. The molecule has 8 heteroatoms. The summed E-state index contributed by atoms with van der Waals surface area (Å²) in [6.07, 6.45) is 1.65. The number of rotatable bonds is 6. The van der Waals surface area contributed by atoms with E-state index in [1.807, 2.05) is 22.9 Å². The third-order valence-corrected chi connectivity index (χ3v) is 6.42. The van der Waals surface area contributed by atoms with Gasteiger partial charge in [-0.2, -0.15) is 0 Å². The highest BCUT2D eigenvalue weighted by Crippen LogP contribution is 2.35. The van der Waals surface area contributed by atoms with E-state index in [2.05, 4.69) is 11.6 Å². The number of carbonyl (C=O) groups is 1. The summed E-state index contributed by atoms with van der Waals surface area (Å²) >= 11 is 4.24. The van der Waals surface area contributed by atoms with E-state index in [9.17, 15) is 9.59 Å². The fourth-order valence-electron chi connectivity index (χ4n) is 2.37. The van der Waals surface area contributed by atoms with Gasteiger partial charge in [-0.05, 0) is 18.4 Å². The third-order valence-electron chi connectivity index (χ3n) is 3.57. The minimum Gasteiger partial charge on any atom is -0.468 e. The Bertz CT molecular complexity index is 973. The number of fused-ring (bicyclic) bond motifs is 1. The van der Waals surface area contributed by atoms with E-state index in [4.69, 9.17) is 4.74 Å². The number of esters is 1. The van der Waals surface area contributed by atoms with Gasteiger partial charge in [0.15, 0.2) is 5.16 Å². The summed E-state index contributed by atoms with van der Waals surface area (Å²) in [5.41, 5.74) is 0.789. The van der Waals surface area contributed by atoms with Gasteiger partial charge in [0.1, 0.15) is 10.1 Å². The fraction of sp³-hybridized carbons (Fsp3) is 0.235. The van der Waals surface area contributed by atoms with E-state index >= 15 is 0 Å². The van der Waals surface area contributed by atoms with Crippen LogP contribution in [0.3, 0.4) is 0 Å². The molecule has 130 valence electrons. The monoisotopic (exact) mass is 392 g/mol. The minimum atomic E-state index is -0.456. The molecule has 0 spiro atoms. The highest BCUT2D eigenvalue weighted by Gasteiger charge is 2.21. The lowest BCUT2D eigenvalue weighted by Gasteiger charge is -2.13. The Hall–Kier alpha value is -1.90. The van der Waals surface area contributed by atoms with E-state index in [0.717, 1.165) is 10.4 Å². The summed E-state index contributed by atoms with van der Waals surface area (Å²) in [4.78, 5) is 31.2. The average molecular weight is 393 g/mol. The second-order valence-corrected chi connectivity index (χ2v) is 8.30. The van der Waals surface area contributed by atoms with Gasteiger partial charge in [0.2, 0.25) is 0 Å². The lowest BCUT2D eigenvalue weighted by atomic mass is 10.2. The smallest absolute Gasteiger partial charge is 0.318 e. The maximum Gasteiger partial charge on any atom is 0.318 e. The zero-order chi connectivity index (χ0) is 18.0. The molecule has 0 fully saturated rings. The molecule has 0 bridgehead atoms. The lowest BCUT2D eigenvalue weighted by Crippen LogP contribution is -2.24. The van der Waals surface area contributed by atoms with Crippen LogP contribution in [0.15, 0.2) is 45.5 Å². The first kappa shape index (κ1) is 17.9. The van der Waals surface area contributed by atoms with Gasteiger partial charge in [-0.1, -0.05) is 23.9 Å². The third kappa shape index (κ3) is 3.42. The molecule has 0 radical (unpaired) electrons. The van der Waals surface area contributed by atoms with E-state index in [0.29, 0.717) is 21.9 Å². The molecule has 5 nitrogen and oxygen atoms in total. The van der Waals surface area contributed by atoms with E-state index in [1.54, 1.807) is 28.9 Å². The van der Waals surface area contributed by atoms with Crippen molar-refractivity contribution in [1.29, 1.82) is 0 Å². The Morgan fingerprint density at radius 1 is 1.52 bits per heavy atom. The minimum absolute atomic E-state index is 0.117. The number of nitrogens with zero attached hydrogens (tertiary/aromatic N) is 2. The number of carbonyl (C=O) groups excluding carboxylic acids is 1. The topological polar surface area (TPSA) is 61.2 Å². The number of hydrogen-bond donors (Lipinski definition) is 0. The van der Waals surface area contributed by atoms with Crippen LogP contribution >= 0.6 is 34.4 Å². The Kier molecular flexibility index (Phi) is 5.41. The molecule has 0 aromatic carbocycles. The molecule has 0 amide bonds. The number of ether oxygens (including phenoxy) is 1. The highest BCUT2D eigenvalue weighted by molar-refractivity contribution is 8.00. The summed E-state index contributed by atoms with van der Waals surface area (Å²) < 4.78 is 6.32. The predicted molar refractivity (Wildman–Crippen MR) is 105 cm³/mol. The maximum atomic E-state index is 13.1. The van der Waals surface area contributed by atoms with Crippen molar-refractivity contribution in [1.82, 2.24) is 9.55 Å². The van der Waals surface area contributed by atoms with Gasteiger partial charge < -0.3 is 4.74 Å². The molecule has 0 saturated carbocycles. The van der Waals surface area contributed by atoms with Crippen molar-refractivity contribution >= 4 is 50.6 Å². The first-order chi connectivity index (χ1) is 12.1. The molecule has 3 aromatic rings. The molecule has 0 N–H and O–H groups in total. The van der Waals surface area contributed by atoms with Crippen LogP contribution in [0.1, 0.15) is 6.92 Å². The molecule has 25 heavy (non-hydrogen) atoms. The van der Waals surface area contributed by atoms with Gasteiger partial charge in [0, 0.05) is 22.4 Å². The van der Waals surface area contributed by atoms with Crippen LogP contribution in [-0.4, -0.2) is 27.9 Å². The number of aromatic nitrogens is 2. The fourth-order valence-corrected chi connectivity index (χ4v) is 5.12. The molecule has 3 heterocycles. The van der Waals surface area contributed by atoms with Crippen LogP contribution in [0.4, 0.5) is 0 Å². The van der Waals surface area contributed by atoms with Gasteiger partial charge in [-0.3, -0.25) is 14.2 Å². The van der Waals surface area contributed by atoms with E-state index in [-0.39, 0.29) is 11.5 Å². The summed E-state index contributed by atoms with van der Waals surface area (Å²) in [6.45, 7) is 5.79. The summed E-state index contributed by atoms with van der Waals surface area (Å²) in [7, 11) is 1.35. The Morgan fingerprint density at radius 2 is 2.32 bits per heavy atom. The number of thioether (sulfide) groups is 1. The Labute approximate surface area is 157 Å². The van der Waals surface area contributed by atoms with Gasteiger partial charge in [0.05, 0.1) is 12.5 Å². The number of hydrogen-bond acceptors (Lipinski definition) is 7. The second-order valence-electron chi connectivity index (χ2n) is 5.19. The molecule has 0 aliphatic heterocycles. The molecule has 3 rings (SSSR count). The molecule has 1 atom stereocenters. The van der Waals surface area contributed by atoms with Gasteiger partial charge in [-0.15, -0.1) is 29.3 Å². The van der Waals surface area contributed by atoms with E-state index in [1.165, 1.54) is 30.2 Å². The zero-order valence-corrected chi connectivity index (χ0v) is 16.2. The molecular weight excluding hydrogens is 376 g/mol. The Morgan fingerprint density at radius 3 is 2.96 bits per heavy atom. The zero-order valence-electron chi connectivity index (χ0n) is 13.7. The number of allylic oxidation sites excluding steroid dienone is 1. The van der Waals surface area contributed by atoms with Crippen molar-refractivity contribution in [3.63, 3.8) is 0 Å². The Balaban J connectivity index is 2.16. The first-order valence-corrected chi connectivity index (χ1v) is 10.1. The molecule has 0 unspecified atom stereocenters. The highest BCUT2D eigenvalue weighted by atomic mass is 32.2. The summed E-state index contributed by atoms with van der Waals surface area (Å²) in [5, 5.41) is 4.60. The second kappa shape index (κ2) is 7.55. The van der Waals surface area contributed by atoms with Crippen LogP contribution in [0.25, 0.3) is 20.7 Å². The van der Waals surface area contributed by atoms with Crippen LogP contribution < -0.4 is 5.56 Å². The lowest BCUT2D eigenvalue weighted by molar-refractivity contribution is -0.139. The molecule has 0 saturated heterocycles. The predicted octanol–water partition coefficient (Wildman–Crippen LogP) is 4.03. The molecule has 0 aliphatic carbocycles. The van der Waals surface area contributed by atoms with Gasteiger partial charge >= 0.3 is 5.97 Å². The van der Waals surface area contributed by atoms with Crippen LogP contribution in [-0.2, 0) is 16.1 Å². The largest absolute Gasteiger partial charge is 0.468 e.